The number of nitrogens with one attached hydrogen (secondary N) is 1. The second-order valence-corrected chi connectivity index (χ2v) is 4.58. The van der Waals surface area contributed by atoms with E-state index in [4.69, 9.17) is 0 Å². The third-order valence-corrected chi connectivity index (χ3v) is 3.42. The molecule has 88 valence electrons. The molecule has 2 rings (SSSR count). The van der Waals surface area contributed by atoms with Crippen LogP contribution in [-0.2, 0) is 0 Å². The van der Waals surface area contributed by atoms with Crippen LogP contribution in [0.5, 0.6) is 0 Å². The van der Waals surface area contributed by atoms with Crippen LogP contribution in [0.25, 0.3) is 0 Å². The highest BCUT2D eigenvalue weighted by molar-refractivity contribution is 4.93. The van der Waals surface area contributed by atoms with E-state index in [-0.39, 0.29) is 6.54 Å². The Labute approximate surface area is 89.4 Å². The first-order chi connectivity index (χ1) is 7.09. The Morgan fingerprint density at radius 2 is 1.87 bits per heavy atom. The van der Waals surface area contributed by atoms with E-state index in [9.17, 15) is 8.78 Å². The zero-order valence-electron chi connectivity index (χ0n) is 9.18. The summed E-state index contributed by atoms with van der Waals surface area (Å²) in [5.74, 6) is -2.56. The molecule has 2 aliphatic rings. The number of rotatable bonds is 1. The first-order valence-electron chi connectivity index (χ1n) is 5.61. The molecule has 0 aromatic heterocycles. The Hall–Kier alpha value is -0.260. The minimum absolute atomic E-state index is 0.163. The van der Waals surface area contributed by atoms with E-state index in [1.165, 1.54) is 0 Å². The van der Waals surface area contributed by atoms with Crippen LogP contribution in [0.15, 0.2) is 0 Å². The predicted molar refractivity (Wildman–Crippen MR) is 55.3 cm³/mol. The molecule has 0 radical (unpaired) electrons. The summed E-state index contributed by atoms with van der Waals surface area (Å²) in [6.45, 7) is 3.91. The minimum Gasteiger partial charge on any atom is -0.311 e. The molecular formula is C10H19F2N3. The van der Waals surface area contributed by atoms with E-state index < -0.39 is 12.0 Å². The number of halogens is 2. The molecule has 0 bridgehead atoms. The molecule has 2 fully saturated rings. The van der Waals surface area contributed by atoms with Crippen molar-refractivity contribution in [2.75, 3.05) is 46.3 Å². The Bertz CT molecular complexity index is 215. The quantitative estimate of drug-likeness (QED) is 0.681. The fourth-order valence-corrected chi connectivity index (χ4v) is 2.41. The first-order valence-corrected chi connectivity index (χ1v) is 5.61. The highest BCUT2D eigenvalue weighted by Gasteiger charge is 2.45. The summed E-state index contributed by atoms with van der Waals surface area (Å²) in [5.41, 5.74) is 0. The lowest BCUT2D eigenvalue weighted by atomic mass is 10.00. The van der Waals surface area contributed by atoms with Gasteiger partial charge < -0.3 is 10.2 Å². The van der Waals surface area contributed by atoms with Gasteiger partial charge in [0.1, 0.15) is 0 Å². The van der Waals surface area contributed by atoms with Crippen LogP contribution >= 0.6 is 0 Å². The molecule has 1 atom stereocenters. The van der Waals surface area contributed by atoms with Crippen LogP contribution in [0.1, 0.15) is 6.42 Å². The van der Waals surface area contributed by atoms with Gasteiger partial charge in [0.2, 0.25) is 0 Å². The average Bonchev–Trinajstić information content (AvgIpc) is 2.19. The van der Waals surface area contributed by atoms with Gasteiger partial charge in [-0.05, 0) is 20.0 Å². The van der Waals surface area contributed by atoms with Crippen molar-refractivity contribution in [2.45, 2.75) is 18.4 Å². The number of alkyl halides is 2. The fraction of sp³-hybridized carbons (Fsp3) is 1.00. The highest BCUT2D eigenvalue weighted by Crippen LogP contribution is 2.28. The molecule has 0 amide bonds. The number of hydrogen-bond donors (Lipinski definition) is 1. The van der Waals surface area contributed by atoms with E-state index in [0.717, 1.165) is 26.2 Å². The van der Waals surface area contributed by atoms with Gasteiger partial charge in [-0.15, -0.1) is 0 Å². The molecule has 3 nitrogen and oxygen atoms in total. The summed E-state index contributed by atoms with van der Waals surface area (Å²) >= 11 is 0. The molecule has 15 heavy (non-hydrogen) atoms. The second-order valence-electron chi connectivity index (χ2n) is 4.58. The zero-order valence-corrected chi connectivity index (χ0v) is 9.18. The summed E-state index contributed by atoms with van der Waals surface area (Å²) in [5, 5.41) is 2.77. The minimum atomic E-state index is -2.56. The molecule has 0 spiro atoms. The van der Waals surface area contributed by atoms with Crippen molar-refractivity contribution in [3.63, 3.8) is 0 Å². The third kappa shape index (κ3) is 2.46. The second kappa shape index (κ2) is 4.31. The van der Waals surface area contributed by atoms with Crippen molar-refractivity contribution < 1.29 is 8.78 Å². The molecule has 5 heteroatoms. The monoisotopic (exact) mass is 219 g/mol. The van der Waals surface area contributed by atoms with Crippen LogP contribution in [0.4, 0.5) is 8.78 Å². The Morgan fingerprint density at radius 1 is 1.20 bits per heavy atom. The van der Waals surface area contributed by atoms with Crippen LogP contribution in [0, 0.1) is 0 Å². The molecule has 2 saturated heterocycles. The maximum absolute atomic E-state index is 13.6. The maximum atomic E-state index is 13.6. The first kappa shape index (κ1) is 11.2. The van der Waals surface area contributed by atoms with Crippen LogP contribution in [0.3, 0.4) is 0 Å². The molecular weight excluding hydrogens is 200 g/mol. The van der Waals surface area contributed by atoms with E-state index in [1.54, 1.807) is 0 Å². The molecule has 0 aliphatic carbocycles. The number of piperidine rings is 1. The van der Waals surface area contributed by atoms with E-state index in [2.05, 4.69) is 10.2 Å². The summed E-state index contributed by atoms with van der Waals surface area (Å²) in [6, 6.07) is -0.549. The number of likely N-dealkylation sites (N-methyl/N-ethyl adjacent to an activating group) is 1. The lowest BCUT2D eigenvalue weighted by molar-refractivity contribution is -0.103. The molecule has 0 aromatic rings. The van der Waals surface area contributed by atoms with Gasteiger partial charge in [-0.2, -0.15) is 0 Å². The summed E-state index contributed by atoms with van der Waals surface area (Å²) in [6.07, 6.45) is 0.566. The van der Waals surface area contributed by atoms with Crippen molar-refractivity contribution in [3.8, 4) is 0 Å². The normalized spacial score (nSPS) is 34.2. The van der Waals surface area contributed by atoms with Crippen LogP contribution < -0.4 is 5.32 Å². The summed E-state index contributed by atoms with van der Waals surface area (Å²) in [7, 11) is 2.04. The van der Waals surface area contributed by atoms with Crippen molar-refractivity contribution in [3.05, 3.63) is 0 Å². The molecule has 0 saturated carbocycles. The van der Waals surface area contributed by atoms with Crippen molar-refractivity contribution in [1.29, 1.82) is 0 Å². The summed E-state index contributed by atoms with van der Waals surface area (Å²) in [4.78, 5) is 4.15. The molecule has 1 unspecified atom stereocenters. The number of nitrogens with zero attached hydrogens (tertiary/aromatic N) is 2. The number of piperazine rings is 1. The van der Waals surface area contributed by atoms with Gasteiger partial charge in [0, 0.05) is 26.2 Å². The lowest BCUT2D eigenvalue weighted by Crippen LogP contribution is -2.60. The Kier molecular flexibility index (Phi) is 3.23. The lowest BCUT2D eigenvalue weighted by Gasteiger charge is -2.43. The smallest absolute Gasteiger partial charge is 0.275 e. The van der Waals surface area contributed by atoms with Crippen molar-refractivity contribution >= 4 is 0 Å². The summed E-state index contributed by atoms with van der Waals surface area (Å²) < 4.78 is 27.3. The Morgan fingerprint density at radius 3 is 2.47 bits per heavy atom. The van der Waals surface area contributed by atoms with Gasteiger partial charge in [-0.1, -0.05) is 0 Å². The topological polar surface area (TPSA) is 18.5 Å². The fourth-order valence-electron chi connectivity index (χ4n) is 2.41. The SMILES string of the molecule is CN1CCN(C2CCNCC2(F)F)CC1. The van der Waals surface area contributed by atoms with Gasteiger partial charge in [-0.3, -0.25) is 4.90 Å². The molecule has 2 heterocycles. The maximum Gasteiger partial charge on any atom is 0.275 e. The molecule has 0 aromatic carbocycles. The number of hydrogen-bond acceptors (Lipinski definition) is 3. The standard InChI is InChI=1S/C10H19F2N3/c1-14-4-6-15(7-5-14)9-2-3-13-8-10(9,11)12/h9,13H,2-8H2,1H3. The van der Waals surface area contributed by atoms with Gasteiger partial charge in [-0.25, -0.2) is 8.78 Å². The van der Waals surface area contributed by atoms with Gasteiger partial charge in [0.05, 0.1) is 12.6 Å². The largest absolute Gasteiger partial charge is 0.311 e. The van der Waals surface area contributed by atoms with Crippen molar-refractivity contribution in [1.82, 2.24) is 15.1 Å². The predicted octanol–water partition coefficient (Wildman–Crippen LogP) is 0.231. The van der Waals surface area contributed by atoms with E-state index in [1.807, 2.05) is 11.9 Å². The third-order valence-electron chi connectivity index (χ3n) is 3.42. The van der Waals surface area contributed by atoms with Crippen LogP contribution in [-0.4, -0.2) is 68.1 Å². The highest BCUT2D eigenvalue weighted by atomic mass is 19.3. The van der Waals surface area contributed by atoms with E-state index in [0.29, 0.717) is 13.0 Å². The van der Waals surface area contributed by atoms with E-state index >= 15 is 0 Å². The molecule has 1 N–H and O–H groups in total. The molecule has 2 aliphatic heterocycles. The van der Waals surface area contributed by atoms with Crippen LogP contribution in [0.2, 0.25) is 0 Å². The zero-order chi connectivity index (χ0) is 10.9. The van der Waals surface area contributed by atoms with Gasteiger partial charge >= 0.3 is 0 Å². The average molecular weight is 219 g/mol. The Balaban J connectivity index is 1.96. The van der Waals surface area contributed by atoms with Gasteiger partial charge in [0.15, 0.2) is 0 Å². The van der Waals surface area contributed by atoms with Crippen molar-refractivity contribution in [2.24, 2.45) is 0 Å². The van der Waals surface area contributed by atoms with Gasteiger partial charge in [0.25, 0.3) is 5.92 Å².